The van der Waals surface area contributed by atoms with Crippen molar-refractivity contribution in [2.45, 2.75) is 13.0 Å². The van der Waals surface area contributed by atoms with Crippen LogP contribution in [-0.2, 0) is 9.53 Å². The first-order valence-corrected chi connectivity index (χ1v) is 4.00. The summed E-state index contributed by atoms with van der Waals surface area (Å²) in [5, 5.41) is 0. The number of ketones is 1. The van der Waals surface area contributed by atoms with Crippen LogP contribution in [-0.4, -0.2) is 11.8 Å². The smallest absolute Gasteiger partial charge is 0.339 e. The summed E-state index contributed by atoms with van der Waals surface area (Å²) < 4.78 is 4.90. The SMILES string of the molecule is CC(=O)C1OC(=O)c2ccccc21. The van der Waals surface area contributed by atoms with Crippen molar-refractivity contribution in [2.75, 3.05) is 0 Å². The number of rotatable bonds is 1. The number of esters is 1. The van der Waals surface area contributed by atoms with Crippen molar-refractivity contribution in [1.29, 1.82) is 0 Å². The molecule has 13 heavy (non-hydrogen) atoms. The van der Waals surface area contributed by atoms with Gasteiger partial charge in [-0.25, -0.2) is 4.79 Å². The third-order valence-corrected chi connectivity index (χ3v) is 2.06. The standard InChI is InChI=1S/C10H8O3/c1-6(11)9-7-4-2-3-5-8(7)10(12)13-9/h2-5,9H,1H3. The molecule has 0 radical (unpaired) electrons. The maximum atomic E-state index is 11.2. The molecule has 0 bridgehead atoms. The Labute approximate surface area is 75.3 Å². The molecule has 0 saturated carbocycles. The van der Waals surface area contributed by atoms with Crippen molar-refractivity contribution in [1.82, 2.24) is 0 Å². The highest BCUT2D eigenvalue weighted by Crippen LogP contribution is 2.30. The van der Waals surface area contributed by atoms with Crippen LogP contribution in [0.4, 0.5) is 0 Å². The fourth-order valence-corrected chi connectivity index (χ4v) is 1.45. The Kier molecular flexibility index (Phi) is 1.65. The van der Waals surface area contributed by atoms with E-state index in [4.69, 9.17) is 4.74 Å². The number of hydrogen-bond donors (Lipinski definition) is 0. The van der Waals surface area contributed by atoms with Crippen LogP contribution in [0.25, 0.3) is 0 Å². The lowest BCUT2D eigenvalue weighted by Crippen LogP contribution is -2.07. The Morgan fingerprint density at radius 1 is 1.38 bits per heavy atom. The third-order valence-electron chi connectivity index (χ3n) is 2.06. The van der Waals surface area contributed by atoms with Gasteiger partial charge < -0.3 is 4.74 Å². The van der Waals surface area contributed by atoms with Gasteiger partial charge in [-0.3, -0.25) is 4.79 Å². The van der Waals surface area contributed by atoms with Crippen molar-refractivity contribution in [3.05, 3.63) is 35.4 Å². The fraction of sp³-hybridized carbons (Fsp3) is 0.200. The van der Waals surface area contributed by atoms with Gasteiger partial charge in [-0.2, -0.15) is 0 Å². The molecule has 1 atom stereocenters. The Hall–Kier alpha value is -1.64. The summed E-state index contributed by atoms with van der Waals surface area (Å²) >= 11 is 0. The minimum atomic E-state index is -0.691. The number of carbonyl (C=O) groups is 2. The van der Waals surface area contributed by atoms with Gasteiger partial charge in [0.15, 0.2) is 11.9 Å². The molecule has 1 aliphatic heterocycles. The molecule has 1 aromatic carbocycles. The molecule has 1 aliphatic rings. The van der Waals surface area contributed by atoms with Crippen LogP contribution >= 0.6 is 0 Å². The van der Waals surface area contributed by atoms with Gasteiger partial charge >= 0.3 is 5.97 Å². The van der Waals surface area contributed by atoms with E-state index in [-0.39, 0.29) is 5.78 Å². The predicted molar refractivity (Wildman–Crippen MR) is 45.3 cm³/mol. The molecule has 0 fully saturated rings. The van der Waals surface area contributed by atoms with Crippen molar-refractivity contribution >= 4 is 11.8 Å². The maximum Gasteiger partial charge on any atom is 0.339 e. The summed E-state index contributed by atoms with van der Waals surface area (Å²) in [4.78, 5) is 22.3. The Balaban J connectivity index is 2.53. The summed E-state index contributed by atoms with van der Waals surface area (Å²) in [5.74, 6) is -0.547. The van der Waals surface area contributed by atoms with Gasteiger partial charge in [-0.05, 0) is 13.0 Å². The minimum absolute atomic E-state index is 0.140. The summed E-state index contributed by atoms with van der Waals surface area (Å²) in [6.07, 6.45) is -0.691. The summed E-state index contributed by atoms with van der Waals surface area (Å²) in [6, 6.07) is 6.95. The Bertz CT molecular complexity index is 382. The van der Waals surface area contributed by atoms with Crippen LogP contribution in [0.3, 0.4) is 0 Å². The van der Waals surface area contributed by atoms with E-state index in [1.54, 1.807) is 24.3 Å². The first-order chi connectivity index (χ1) is 6.20. The van der Waals surface area contributed by atoms with E-state index < -0.39 is 12.1 Å². The van der Waals surface area contributed by atoms with E-state index in [1.807, 2.05) is 0 Å². The van der Waals surface area contributed by atoms with Crippen LogP contribution in [0.5, 0.6) is 0 Å². The predicted octanol–water partition coefficient (Wildman–Crippen LogP) is 1.49. The van der Waals surface area contributed by atoms with Gasteiger partial charge in [-0.15, -0.1) is 0 Å². The van der Waals surface area contributed by atoms with Gasteiger partial charge in [-0.1, -0.05) is 18.2 Å². The molecule has 0 N–H and O–H groups in total. The summed E-state index contributed by atoms with van der Waals surface area (Å²) in [6.45, 7) is 1.42. The molecule has 3 nitrogen and oxygen atoms in total. The lowest BCUT2D eigenvalue weighted by molar-refractivity contribution is -0.125. The summed E-state index contributed by atoms with van der Waals surface area (Å²) in [5.41, 5.74) is 1.18. The van der Waals surface area contributed by atoms with E-state index in [2.05, 4.69) is 0 Å². The second-order valence-corrected chi connectivity index (χ2v) is 2.98. The monoisotopic (exact) mass is 176 g/mol. The van der Waals surface area contributed by atoms with Gasteiger partial charge in [0.05, 0.1) is 5.56 Å². The molecule has 2 rings (SSSR count). The van der Waals surface area contributed by atoms with E-state index in [1.165, 1.54) is 6.92 Å². The molecule has 0 aromatic heterocycles. The van der Waals surface area contributed by atoms with Crippen LogP contribution < -0.4 is 0 Å². The van der Waals surface area contributed by atoms with Crippen LogP contribution in [0.2, 0.25) is 0 Å². The average molecular weight is 176 g/mol. The summed E-state index contributed by atoms with van der Waals surface area (Å²) in [7, 11) is 0. The quantitative estimate of drug-likeness (QED) is 0.609. The second-order valence-electron chi connectivity index (χ2n) is 2.98. The van der Waals surface area contributed by atoms with Crippen molar-refractivity contribution in [2.24, 2.45) is 0 Å². The van der Waals surface area contributed by atoms with E-state index in [0.29, 0.717) is 11.1 Å². The van der Waals surface area contributed by atoms with Gasteiger partial charge in [0.1, 0.15) is 0 Å². The molecule has 0 amide bonds. The third kappa shape index (κ3) is 1.13. The van der Waals surface area contributed by atoms with Crippen molar-refractivity contribution in [3.63, 3.8) is 0 Å². The lowest BCUT2D eigenvalue weighted by Gasteiger charge is -2.04. The van der Waals surface area contributed by atoms with Crippen LogP contribution in [0, 0.1) is 0 Å². The van der Waals surface area contributed by atoms with Crippen LogP contribution in [0.15, 0.2) is 24.3 Å². The highest BCUT2D eigenvalue weighted by molar-refractivity contribution is 5.99. The first-order valence-electron chi connectivity index (χ1n) is 4.00. The number of fused-ring (bicyclic) bond motifs is 1. The Morgan fingerprint density at radius 2 is 2.08 bits per heavy atom. The highest BCUT2D eigenvalue weighted by Gasteiger charge is 2.33. The molecule has 1 heterocycles. The van der Waals surface area contributed by atoms with E-state index in [0.717, 1.165) is 0 Å². The molecule has 0 spiro atoms. The number of carbonyl (C=O) groups excluding carboxylic acids is 2. The number of ether oxygens (including phenoxy) is 1. The van der Waals surface area contributed by atoms with Crippen molar-refractivity contribution < 1.29 is 14.3 Å². The number of hydrogen-bond acceptors (Lipinski definition) is 3. The van der Waals surface area contributed by atoms with Gasteiger partial charge in [0.25, 0.3) is 0 Å². The van der Waals surface area contributed by atoms with Gasteiger partial charge in [0.2, 0.25) is 0 Å². The van der Waals surface area contributed by atoms with E-state index >= 15 is 0 Å². The second kappa shape index (κ2) is 2.69. The fourth-order valence-electron chi connectivity index (χ4n) is 1.45. The zero-order valence-electron chi connectivity index (χ0n) is 7.11. The molecule has 1 aromatic rings. The molecule has 0 saturated heterocycles. The first kappa shape index (κ1) is 7.98. The van der Waals surface area contributed by atoms with Crippen LogP contribution in [0.1, 0.15) is 28.9 Å². The topological polar surface area (TPSA) is 43.4 Å². The zero-order valence-corrected chi connectivity index (χ0v) is 7.11. The van der Waals surface area contributed by atoms with E-state index in [9.17, 15) is 9.59 Å². The molecule has 3 heteroatoms. The molecular formula is C10H8O3. The molecular weight excluding hydrogens is 168 g/mol. The number of Topliss-reactive ketones (excluding diaryl/α,β-unsaturated/α-hetero) is 1. The zero-order chi connectivity index (χ0) is 9.42. The number of benzene rings is 1. The normalized spacial score (nSPS) is 19.5. The number of cyclic esters (lactones) is 1. The maximum absolute atomic E-state index is 11.2. The largest absolute Gasteiger partial charge is 0.446 e. The molecule has 0 aliphatic carbocycles. The minimum Gasteiger partial charge on any atom is -0.446 e. The average Bonchev–Trinajstić information content (AvgIpc) is 2.45. The van der Waals surface area contributed by atoms with Crippen molar-refractivity contribution in [3.8, 4) is 0 Å². The van der Waals surface area contributed by atoms with Gasteiger partial charge in [0, 0.05) is 5.56 Å². The Morgan fingerprint density at radius 3 is 2.77 bits per heavy atom. The molecule has 1 unspecified atom stereocenters. The highest BCUT2D eigenvalue weighted by atomic mass is 16.6. The molecule has 66 valence electrons. The lowest BCUT2D eigenvalue weighted by atomic mass is 10.0.